The largest absolute Gasteiger partial charge is 0.355 e. The summed E-state index contributed by atoms with van der Waals surface area (Å²) >= 11 is 1.66. The quantitative estimate of drug-likeness (QED) is 0.761. The third-order valence-corrected chi connectivity index (χ3v) is 4.31. The Morgan fingerprint density at radius 1 is 1.25 bits per heavy atom. The Kier molecular flexibility index (Phi) is 10.9. The molecule has 1 unspecified atom stereocenters. The number of aryl methyl sites for hydroxylation is 1. The van der Waals surface area contributed by atoms with Gasteiger partial charge in [0.2, 0.25) is 5.91 Å². The molecule has 2 rings (SSSR count). The molecule has 7 heteroatoms. The molecule has 4 nitrogen and oxygen atoms in total. The Morgan fingerprint density at radius 3 is 2.46 bits per heavy atom. The molecule has 0 aliphatic heterocycles. The molecule has 2 aromatic rings. The summed E-state index contributed by atoms with van der Waals surface area (Å²) in [5.74, 6) is 0.101. The Balaban J connectivity index is 0.00000264. The van der Waals surface area contributed by atoms with E-state index < -0.39 is 0 Å². The topological polar surface area (TPSA) is 54.0 Å². The third kappa shape index (κ3) is 6.77. The highest BCUT2D eigenvalue weighted by Crippen LogP contribution is 2.21. The molecule has 0 saturated carbocycles. The van der Waals surface area contributed by atoms with Crippen LogP contribution in [0.1, 0.15) is 17.5 Å². The summed E-state index contributed by atoms with van der Waals surface area (Å²) in [5, 5.41) is 9.15. The molecule has 0 saturated heterocycles. The molecule has 24 heavy (non-hydrogen) atoms. The van der Waals surface area contributed by atoms with E-state index in [1.165, 1.54) is 5.56 Å². The smallest absolute Gasteiger partial charge is 0.224 e. The molecular weight excluding hydrogens is 365 g/mol. The molecular formula is C17H25Cl2N3OS. The van der Waals surface area contributed by atoms with Crippen molar-refractivity contribution in [2.24, 2.45) is 5.92 Å². The summed E-state index contributed by atoms with van der Waals surface area (Å²) < 4.78 is 0. The number of carbonyl (C=O) groups is 1. The van der Waals surface area contributed by atoms with Crippen molar-refractivity contribution in [3.63, 3.8) is 0 Å². The average molecular weight is 390 g/mol. The Hall–Kier alpha value is -1.14. The lowest BCUT2D eigenvalue weighted by Crippen LogP contribution is -2.35. The second-order valence-corrected chi connectivity index (χ2v) is 6.51. The van der Waals surface area contributed by atoms with Crippen LogP contribution < -0.4 is 10.6 Å². The number of hydrogen-bond donors (Lipinski definition) is 2. The first-order chi connectivity index (χ1) is 10.6. The van der Waals surface area contributed by atoms with Gasteiger partial charge in [-0.2, -0.15) is 0 Å². The molecule has 0 radical (unpaired) electrons. The summed E-state index contributed by atoms with van der Waals surface area (Å²) in [6, 6.07) is 8.39. The minimum absolute atomic E-state index is 0. The van der Waals surface area contributed by atoms with Gasteiger partial charge in [-0.3, -0.25) is 4.79 Å². The molecule has 0 spiro atoms. The van der Waals surface area contributed by atoms with Gasteiger partial charge in [0.15, 0.2) is 0 Å². The number of carbonyl (C=O) groups excluding carboxylic acids is 1. The van der Waals surface area contributed by atoms with E-state index in [0.717, 1.165) is 22.7 Å². The van der Waals surface area contributed by atoms with Gasteiger partial charge >= 0.3 is 0 Å². The SMILES string of the molecule is CNCC(C)C(=O)NCCc1ccc(-c2csc(C)n2)cc1.Cl.Cl. The van der Waals surface area contributed by atoms with Gasteiger partial charge in [0, 0.05) is 30.0 Å². The lowest BCUT2D eigenvalue weighted by atomic mass is 10.1. The van der Waals surface area contributed by atoms with Gasteiger partial charge in [-0.15, -0.1) is 36.2 Å². The van der Waals surface area contributed by atoms with Crippen LogP contribution in [0.2, 0.25) is 0 Å². The van der Waals surface area contributed by atoms with Gasteiger partial charge in [0.05, 0.1) is 10.7 Å². The van der Waals surface area contributed by atoms with Crippen molar-refractivity contribution >= 4 is 42.1 Å². The minimum Gasteiger partial charge on any atom is -0.355 e. The first-order valence-electron chi connectivity index (χ1n) is 7.54. The first kappa shape index (κ1) is 22.9. The number of hydrogen-bond acceptors (Lipinski definition) is 4. The van der Waals surface area contributed by atoms with Gasteiger partial charge in [0.1, 0.15) is 0 Å². The van der Waals surface area contributed by atoms with E-state index in [2.05, 4.69) is 45.3 Å². The van der Waals surface area contributed by atoms with Crippen LogP contribution >= 0.6 is 36.2 Å². The third-order valence-electron chi connectivity index (χ3n) is 3.54. The summed E-state index contributed by atoms with van der Waals surface area (Å²) in [7, 11) is 1.86. The van der Waals surface area contributed by atoms with Crippen molar-refractivity contribution in [3.8, 4) is 11.3 Å². The fraction of sp³-hybridized carbons (Fsp3) is 0.412. The van der Waals surface area contributed by atoms with Crippen LogP contribution in [0.4, 0.5) is 0 Å². The first-order valence-corrected chi connectivity index (χ1v) is 8.42. The summed E-state index contributed by atoms with van der Waals surface area (Å²) in [5.41, 5.74) is 3.39. The maximum absolute atomic E-state index is 11.8. The number of thiazole rings is 1. The van der Waals surface area contributed by atoms with Gasteiger partial charge in [-0.05, 0) is 26.0 Å². The predicted octanol–water partition coefficient (Wildman–Crippen LogP) is 3.48. The zero-order valence-corrected chi connectivity index (χ0v) is 16.6. The van der Waals surface area contributed by atoms with Crippen molar-refractivity contribution in [1.82, 2.24) is 15.6 Å². The molecule has 1 aromatic heterocycles. The van der Waals surface area contributed by atoms with Crippen molar-refractivity contribution in [2.45, 2.75) is 20.3 Å². The van der Waals surface area contributed by atoms with E-state index in [4.69, 9.17) is 0 Å². The van der Waals surface area contributed by atoms with Crippen molar-refractivity contribution in [3.05, 3.63) is 40.2 Å². The molecule has 0 fully saturated rings. The Morgan fingerprint density at radius 2 is 1.92 bits per heavy atom. The van der Waals surface area contributed by atoms with E-state index >= 15 is 0 Å². The second-order valence-electron chi connectivity index (χ2n) is 5.45. The van der Waals surface area contributed by atoms with Crippen LogP contribution in [0, 0.1) is 12.8 Å². The summed E-state index contributed by atoms with van der Waals surface area (Å²) in [6.07, 6.45) is 0.842. The van der Waals surface area contributed by atoms with Crippen LogP contribution in [-0.4, -0.2) is 31.0 Å². The molecule has 134 valence electrons. The predicted molar refractivity (Wildman–Crippen MR) is 107 cm³/mol. The second kappa shape index (κ2) is 11.4. The van der Waals surface area contributed by atoms with Crippen molar-refractivity contribution in [1.29, 1.82) is 0 Å². The van der Waals surface area contributed by atoms with Crippen molar-refractivity contribution in [2.75, 3.05) is 20.1 Å². The molecule has 0 aliphatic carbocycles. The van der Waals surface area contributed by atoms with Gasteiger partial charge in [-0.1, -0.05) is 31.2 Å². The normalized spacial score (nSPS) is 11.1. The zero-order valence-electron chi connectivity index (χ0n) is 14.2. The van der Waals surface area contributed by atoms with E-state index in [-0.39, 0.29) is 36.6 Å². The lowest BCUT2D eigenvalue weighted by molar-refractivity contribution is -0.124. The summed E-state index contributed by atoms with van der Waals surface area (Å²) in [6.45, 7) is 5.31. The minimum atomic E-state index is 0. The molecule has 0 aliphatic rings. The van der Waals surface area contributed by atoms with E-state index in [0.29, 0.717) is 13.1 Å². The van der Waals surface area contributed by atoms with Crippen LogP contribution in [-0.2, 0) is 11.2 Å². The molecule has 1 heterocycles. The Bertz CT molecular complexity index is 617. The molecule has 0 bridgehead atoms. The molecule has 2 N–H and O–H groups in total. The standard InChI is InChI=1S/C17H23N3OS.2ClH/c1-12(10-18-3)17(21)19-9-8-14-4-6-15(7-5-14)16-11-22-13(2)20-16;;/h4-7,11-12,18H,8-10H2,1-3H3,(H,19,21);2*1H. The number of benzene rings is 1. The maximum Gasteiger partial charge on any atom is 0.224 e. The van der Waals surface area contributed by atoms with Gasteiger partial charge < -0.3 is 10.6 Å². The Labute approximate surface area is 160 Å². The van der Waals surface area contributed by atoms with Gasteiger partial charge in [0.25, 0.3) is 0 Å². The van der Waals surface area contributed by atoms with Crippen LogP contribution in [0.15, 0.2) is 29.6 Å². The lowest BCUT2D eigenvalue weighted by Gasteiger charge is -2.11. The number of halogens is 2. The average Bonchev–Trinajstić information content (AvgIpc) is 2.94. The van der Waals surface area contributed by atoms with Crippen LogP contribution in [0.5, 0.6) is 0 Å². The number of amides is 1. The number of aromatic nitrogens is 1. The van der Waals surface area contributed by atoms with Crippen LogP contribution in [0.25, 0.3) is 11.3 Å². The monoisotopic (exact) mass is 389 g/mol. The van der Waals surface area contributed by atoms with Crippen LogP contribution in [0.3, 0.4) is 0 Å². The number of rotatable bonds is 7. The summed E-state index contributed by atoms with van der Waals surface area (Å²) in [4.78, 5) is 16.3. The van der Waals surface area contributed by atoms with Gasteiger partial charge in [-0.25, -0.2) is 4.98 Å². The highest BCUT2D eigenvalue weighted by atomic mass is 35.5. The fourth-order valence-electron chi connectivity index (χ4n) is 2.24. The molecule has 1 atom stereocenters. The zero-order chi connectivity index (χ0) is 15.9. The van der Waals surface area contributed by atoms with Crippen molar-refractivity contribution < 1.29 is 4.79 Å². The highest BCUT2D eigenvalue weighted by molar-refractivity contribution is 7.09. The number of nitrogens with one attached hydrogen (secondary N) is 2. The maximum atomic E-state index is 11.8. The number of nitrogens with zero attached hydrogens (tertiary/aromatic N) is 1. The van der Waals surface area contributed by atoms with E-state index in [1.54, 1.807) is 11.3 Å². The highest BCUT2D eigenvalue weighted by Gasteiger charge is 2.10. The van der Waals surface area contributed by atoms with E-state index in [9.17, 15) is 4.79 Å². The molecule has 1 amide bonds. The van der Waals surface area contributed by atoms with E-state index in [1.807, 2.05) is 20.9 Å². The molecule has 1 aromatic carbocycles. The fourth-order valence-corrected chi connectivity index (χ4v) is 2.86.